The van der Waals surface area contributed by atoms with Crippen molar-refractivity contribution >= 4 is 17.3 Å². The maximum Gasteiger partial charge on any atom is 0.287 e. The van der Waals surface area contributed by atoms with Crippen LogP contribution in [0, 0.1) is 0 Å². The minimum atomic E-state index is -0.373. The van der Waals surface area contributed by atoms with Crippen LogP contribution in [-0.2, 0) is 6.54 Å². The van der Waals surface area contributed by atoms with Gasteiger partial charge in [-0.2, -0.15) is 5.10 Å². The SMILES string of the molecule is NC1CCCN(c2cnn(CCO)c(=O)c2Cl)C1. The molecule has 0 aromatic carbocycles. The van der Waals surface area contributed by atoms with Gasteiger partial charge in [0.05, 0.1) is 25.0 Å². The molecule has 3 N–H and O–H groups in total. The van der Waals surface area contributed by atoms with E-state index in [0.717, 1.165) is 24.1 Å². The van der Waals surface area contributed by atoms with E-state index in [2.05, 4.69) is 5.10 Å². The molecule has 7 heteroatoms. The van der Waals surface area contributed by atoms with Crippen LogP contribution in [0.25, 0.3) is 0 Å². The van der Waals surface area contributed by atoms with Crippen LogP contribution in [0.5, 0.6) is 0 Å². The highest BCUT2D eigenvalue weighted by molar-refractivity contribution is 6.33. The third kappa shape index (κ3) is 2.66. The van der Waals surface area contributed by atoms with Gasteiger partial charge >= 0.3 is 0 Å². The molecule has 1 fully saturated rings. The molecule has 0 saturated carbocycles. The van der Waals surface area contributed by atoms with Gasteiger partial charge in [0, 0.05) is 19.1 Å². The van der Waals surface area contributed by atoms with Crippen molar-refractivity contribution in [1.29, 1.82) is 0 Å². The van der Waals surface area contributed by atoms with Crippen LogP contribution >= 0.6 is 11.6 Å². The Labute approximate surface area is 110 Å². The van der Waals surface area contributed by atoms with Crippen molar-refractivity contribution in [2.75, 3.05) is 24.6 Å². The van der Waals surface area contributed by atoms with Crippen LogP contribution in [-0.4, -0.2) is 40.6 Å². The molecule has 0 bridgehead atoms. The number of hydrogen-bond acceptors (Lipinski definition) is 5. The van der Waals surface area contributed by atoms with Gasteiger partial charge in [-0.25, -0.2) is 4.68 Å². The highest BCUT2D eigenvalue weighted by Gasteiger charge is 2.21. The van der Waals surface area contributed by atoms with E-state index in [1.807, 2.05) is 4.90 Å². The zero-order valence-electron chi connectivity index (χ0n) is 10.0. The predicted molar refractivity (Wildman–Crippen MR) is 70.0 cm³/mol. The Morgan fingerprint density at radius 3 is 3.06 bits per heavy atom. The third-order valence-electron chi connectivity index (χ3n) is 3.08. The highest BCUT2D eigenvalue weighted by atomic mass is 35.5. The maximum atomic E-state index is 11.9. The predicted octanol–water partition coefficient (Wildman–Crippen LogP) is -0.183. The van der Waals surface area contributed by atoms with Crippen molar-refractivity contribution in [2.45, 2.75) is 25.4 Å². The lowest BCUT2D eigenvalue weighted by Crippen LogP contribution is -2.43. The molecule has 0 amide bonds. The minimum Gasteiger partial charge on any atom is -0.394 e. The Kier molecular flexibility index (Phi) is 4.21. The standard InChI is InChI=1S/C11H17ClN4O2/c12-10-9(15-3-1-2-8(13)7-15)6-14-16(4-5-17)11(10)18/h6,8,17H,1-5,7,13H2. The molecule has 2 rings (SSSR count). The summed E-state index contributed by atoms with van der Waals surface area (Å²) in [6.07, 6.45) is 3.54. The number of aromatic nitrogens is 2. The summed E-state index contributed by atoms with van der Waals surface area (Å²) in [6.45, 7) is 1.53. The molecule has 18 heavy (non-hydrogen) atoms. The molecule has 6 nitrogen and oxygen atoms in total. The lowest BCUT2D eigenvalue weighted by molar-refractivity contribution is 0.266. The van der Waals surface area contributed by atoms with Crippen molar-refractivity contribution in [3.05, 3.63) is 21.6 Å². The lowest BCUT2D eigenvalue weighted by Gasteiger charge is -2.32. The minimum absolute atomic E-state index is 0.106. The van der Waals surface area contributed by atoms with E-state index in [-0.39, 0.29) is 29.8 Å². The summed E-state index contributed by atoms with van der Waals surface area (Å²) in [5.41, 5.74) is 6.16. The van der Waals surface area contributed by atoms with Gasteiger partial charge in [0.15, 0.2) is 0 Å². The monoisotopic (exact) mass is 272 g/mol. The molecule has 1 aliphatic heterocycles. The first-order valence-electron chi connectivity index (χ1n) is 6.00. The van der Waals surface area contributed by atoms with E-state index in [4.69, 9.17) is 22.4 Å². The molecular formula is C11H17ClN4O2. The Hall–Kier alpha value is -1.11. The largest absolute Gasteiger partial charge is 0.394 e. The second kappa shape index (κ2) is 5.69. The molecule has 1 aliphatic rings. The third-order valence-corrected chi connectivity index (χ3v) is 3.43. The number of hydrogen-bond donors (Lipinski definition) is 2. The topological polar surface area (TPSA) is 84.4 Å². The molecule has 100 valence electrons. The molecule has 0 radical (unpaired) electrons. The van der Waals surface area contributed by atoms with Crippen LogP contribution in [0.2, 0.25) is 5.02 Å². The number of piperidine rings is 1. The number of nitrogens with zero attached hydrogens (tertiary/aromatic N) is 3. The summed E-state index contributed by atoms with van der Waals surface area (Å²) in [4.78, 5) is 13.9. The molecule has 1 atom stereocenters. The zero-order valence-corrected chi connectivity index (χ0v) is 10.8. The van der Waals surface area contributed by atoms with Crippen LogP contribution in [0.15, 0.2) is 11.0 Å². The Morgan fingerprint density at radius 2 is 2.39 bits per heavy atom. The molecule has 1 saturated heterocycles. The highest BCUT2D eigenvalue weighted by Crippen LogP contribution is 2.24. The van der Waals surface area contributed by atoms with Crippen molar-refractivity contribution in [1.82, 2.24) is 9.78 Å². The fraction of sp³-hybridized carbons (Fsp3) is 0.636. The van der Waals surface area contributed by atoms with Crippen LogP contribution < -0.4 is 16.2 Å². The molecule has 2 heterocycles. The van der Waals surface area contributed by atoms with Crippen LogP contribution in [0.3, 0.4) is 0 Å². The summed E-state index contributed by atoms with van der Waals surface area (Å²) in [7, 11) is 0. The second-order valence-electron chi connectivity index (χ2n) is 4.44. The van der Waals surface area contributed by atoms with Crippen molar-refractivity contribution in [3.63, 3.8) is 0 Å². The van der Waals surface area contributed by atoms with Gasteiger partial charge in [0.25, 0.3) is 5.56 Å². The Bertz CT molecular complexity index is 477. The van der Waals surface area contributed by atoms with Gasteiger partial charge in [-0.15, -0.1) is 0 Å². The van der Waals surface area contributed by atoms with Gasteiger partial charge in [-0.1, -0.05) is 11.6 Å². The maximum absolute atomic E-state index is 11.9. The summed E-state index contributed by atoms with van der Waals surface area (Å²) >= 11 is 6.08. The van der Waals surface area contributed by atoms with E-state index in [9.17, 15) is 4.79 Å². The van der Waals surface area contributed by atoms with E-state index in [1.165, 1.54) is 0 Å². The molecule has 1 aromatic heterocycles. The number of nitrogens with two attached hydrogens (primary N) is 1. The van der Waals surface area contributed by atoms with Gasteiger partial charge in [0.2, 0.25) is 0 Å². The number of anilines is 1. The molecular weight excluding hydrogens is 256 g/mol. The molecule has 1 unspecified atom stereocenters. The van der Waals surface area contributed by atoms with E-state index in [0.29, 0.717) is 12.2 Å². The Balaban J connectivity index is 2.29. The average molecular weight is 273 g/mol. The molecule has 0 aliphatic carbocycles. The first kappa shape index (κ1) is 13.3. The number of aliphatic hydroxyl groups excluding tert-OH is 1. The average Bonchev–Trinajstić information content (AvgIpc) is 2.35. The lowest BCUT2D eigenvalue weighted by atomic mass is 10.1. The van der Waals surface area contributed by atoms with Crippen molar-refractivity contribution in [2.24, 2.45) is 5.73 Å². The first-order valence-corrected chi connectivity index (χ1v) is 6.38. The fourth-order valence-electron chi connectivity index (χ4n) is 2.16. The summed E-state index contributed by atoms with van der Waals surface area (Å²) in [6, 6.07) is 0.106. The summed E-state index contributed by atoms with van der Waals surface area (Å²) < 4.78 is 1.16. The number of halogens is 1. The molecule has 1 aromatic rings. The number of aliphatic hydroxyl groups is 1. The van der Waals surface area contributed by atoms with Crippen LogP contribution in [0.1, 0.15) is 12.8 Å². The van der Waals surface area contributed by atoms with E-state index >= 15 is 0 Å². The zero-order chi connectivity index (χ0) is 13.1. The van der Waals surface area contributed by atoms with Gasteiger partial charge < -0.3 is 15.7 Å². The van der Waals surface area contributed by atoms with E-state index < -0.39 is 0 Å². The number of rotatable bonds is 3. The Morgan fingerprint density at radius 1 is 1.61 bits per heavy atom. The van der Waals surface area contributed by atoms with Gasteiger partial charge in [-0.3, -0.25) is 4.79 Å². The summed E-state index contributed by atoms with van der Waals surface area (Å²) in [5, 5.41) is 13.0. The second-order valence-corrected chi connectivity index (χ2v) is 4.82. The van der Waals surface area contributed by atoms with Gasteiger partial charge in [0.1, 0.15) is 5.02 Å². The summed E-state index contributed by atoms with van der Waals surface area (Å²) in [5.74, 6) is 0. The van der Waals surface area contributed by atoms with Gasteiger partial charge in [-0.05, 0) is 12.8 Å². The quantitative estimate of drug-likeness (QED) is 0.797. The van der Waals surface area contributed by atoms with Crippen molar-refractivity contribution < 1.29 is 5.11 Å². The molecule has 0 spiro atoms. The first-order chi connectivity index (χ1) is 8.63. The van der Waals surface area contributed by atoms with Crippen molar-refractivity contribution in [3.8, 4) is 0 Å². The van der Waals surface area contributed by atoms with Crippen LogP contribution in [0.4, 0.5) is 5.69 Å². The normalized spacial score (nSPS) is 20.2. The van der Waals surface area contributed by atoms with E-state index in [1.54, 1.807) is 6.20 Å². The fourth-order valence-corrected chi connectivity index (χ4v) is 2.43. The smallest absolute Gasteiger partial charge is 0.287 e.